The number of benzene rings is 2. The van der Waals surface area contributed by atoms with Crippen LogP contribution < -0.4 is 10.1 Å². The molecule has 0 radical (unpaired) electrons. The number of esters is 1. The summed E-state index contributed by atoms with van der Waals surface area (Å²) >= 11 is 6.15. The minimum Gasteiger partial charge on any atom is -0.497 e. The van der Waals surface area contributed by atoms with Crippen LogP contribution in [0.4, 0.5) is 5.69 Å². The molecule has 3 rings (SSSR count). The maximum absolute atomic E-state index is 13.0. The highest BCUT2D eigenvalue weighted by molar-refractivity contribution is 7.89. The zero-order valence-electron chi connectivity index (χ0n) is 17.1. The number of carbonyl (C=O) groups is 2. The van der Waals surface area contributed by atoms with Gasteiger partial charge in [0.05, 0.1) is 41.3 Å². The van der Waals surface area contributed by atoms with Crippen molar-refractivity contribution in [2.24, 2.45) is 5.92 Å². The van der Waals surface area contributed by atoms with E-state index in [1.165, 1.54) is 48.9 Å². The maximum Gasteiger partial charge on any atom is 0.337 e. The molecule has 1 unspecified atom stereocenters. The first kappa shape index (κ1) is 23.1. The molecule has 166 valence electrons. The molecule has 2 aromatic rings. The Balaban J connectivity index is 1.74. The monoisotopic (exact) mass is 466 g/mol. The minimum atomic E-state index is -3.75. The molecule has 1 amide bonds. The highest BCUT2D eigenvalue weighted by Crippen LogP contribution is 2.28. The lowest BCUT2D eigenvalue weighted by atomic mass is 9.98. The summed E-state index contributed by atoms with van der Waals surface area (Å²) < 4.78 is 37.1. The number of nitrogens with one attached hydrogen (secondary N) is 1. The van der Waals surface area contributed by atoms with E-state index < -0.39 is 21.9 Å². The molecule has 10 heteroatoms. The van der Waals surface area contributed by atoms with Gasteiger partial charge in [-0.2, -0.15) is 4.31 Å². The van der Waals surface area contributed by atoms with E-state index in [0.29, 0.717) is 25.1 Å². The van der Waals surface area contributed by atoms with Gasteiger partial charge in [-0.25, -0.2) is 13.2 Å². The number of nitrogens with zero attached hydrogens (tertiary/aromatic N) is 1. The fraction of sp³-hybridized carbons (Fsp3) is 0.333. The van der Waals surface area contributed by atoms with Crippen LogP contribution in [0.2, 0.25) is 5.02 Å². The number of amides is 1. The molecule has 0 saturated carbocycles. The number of hydrogen-bond donors (Lipinski definition) is 1. The summed E-state index contributed by atoms with van der Waals surface area (Å²) in [6.07, 6.45) is 1.08. The molecule has 1 atom stereocenters. The number of halogens is 1. The van der Waals surface area contributed by atoms with Gasteiger partial charge in [0, 0.05) is 13.1 Å². The van der Waals surface area contributed by atoms with Crippen LogP contribution >= 0.6 is 11.6 Å². The van der Waals surface area contributed by atoms with Crippen molar-refractivity contribution in [3.05, 3.63) is 53.1 Å². The van der Waals surface area contributed by atoms with Gasteiger partial charge in [0.2, 0.25) is 15.9 Å². The number of rotatable bonds is 6. The first-order valence-electron chi connectivity index (χ1n) is 9.59. The third kappa shape index (κ3) is 5.17. The van der Waals surface area contributed by atoms with Gasteiger partial charge in [0.1, 0.15) is 5.75 Å². The van der Waals surface area contributed by atoms with Crippen LogP contribution in [0.5, 0.6) is 5.75 Å². The molecule has 0 aromatic heterocycles. The molecule has 0 spiro atoms. The van der Waals surface area contributed by atoms with Crippen molar-refractivity contribution in [3.63, 3.8) is 0 Å². The molecule has 0 bridgehead atoms. The second kappa shape index (κ2) is 9.67. The number of ether oxygens (including phenoxy) is 2. The van der Waals surface area contributed by atoms with Gasteiger partial charge in [-0.3, -0.25) is 4.79 Å². The molecular formula is C21H23ClN2O6S. The van der Waals surface area contributed by atoms with E-state index in [9.17, 15) is 18.0 Å². The third-order valence-electron chi connectivity index (χ3n) is 5.10. The molecule has 1 aliphatic heterocycles. The third-order valence-corrected chi connectivity index (χ3v) is 7.31. The number of anilines is 1. The van der Waals surface area contributed by atoms with E-state index in [1.54, 1.807) is 12.1 Å². The van der Waals surface area contributed by atoms with Gasteiger partial charge in [-0.15, -0.1) is 0 Å². The van der Waals surface area contributed by atoms with Crippen LogP contribution in [0.1, 0.15) is 23.2 Å². The topological polar surface area (TPSA) is 102 Å². The van der Waals surface area contributed by atoms with E-state index >= 15 is 0 Å². The molecule has 1 fully saturated rings. The Morgan fingerprint density at radius 1 is 1.13 bits per heavy atom. The number of piperidine rings is 1. The molecule has 1 aliphatic rings. The fourth-order valence-electron chi connectivity index (χ4n) is 3.37. The van der Waals surface area contributed by atoms with Crippen LogP contribution in [0.3, 0.4) is 0 Å². The first-order valence-corrected chi connectivity index (χ1v) is 11.4. The smallest absolute Gasteiger partial charge is 0.337 e. The molecule has 1 saturated heterocycles. The zero-order chi connectivity index (χ0) is 22.6. The van der Waals surface area contributed by atoms with Crippen LogP contribution in [-0.4, -0.2) is 51.9 Å². The Kier molecular flexibility index (Phi) is 7.19. The van der Waals surface area contributed by atoms with Crippen LogP contribution in [0.15, 0.2) is 47.4 Å². The van der Waals surface area contributed by atoms with Crippen LogP contribution in [-0.2, 0) is 19.6 Å². The highest BCUT2D eigenvalue weighted by Gasteiger charge is 2.33. The molecular weight excluding hydrogens is 444 g/mol. The summed E-state index contributed by atoms with van der Waals surface area (Å²) in [5.41, 5.74) is 0.513. The van der Waals surface area contributed by atoms with E-state index in [-0.39, 0.29) is 33.6 Å². The van der Waals surface area contributed by atoms with Crippen LogP contribution in [0, 0.1) is 5.92 Å². The maximum atomic E-state index is 13.0. The van der Waals surface area contributed by atoms with E-state index in [2.05, 4.69) is 10.1 Å². The highest BCUT2D eigenvalue weighted by atomic mass is 35.5. The average molecular weight is 467 g/mol. The molecule has 0 aliphatic carbocycles. The lowest BCUT2D eigenvalue weighted by Crippen LogP contribution is -2.43. The predicted molar refractivity (Wildman–Crippen MR) is 116 cm³/mol. The summed E-state index contributed by atoms with van der Waals surface area (Å²) in [5.74, 6) is -0.916. The standard InChI is InChI=1S/C21H23ClN2O6S/c1-29-16-6-8-17(9-7-16)31(27,28)24-11-3-4-15(13-24)20(25)23-19-12-14(21(26)30-2)5-10-18(19)22/h5-10,12,15H,3-4,11,13H2,1-2H3,(H,23,25). The van der Waals surface area contributed by atoms with Crippen molar-refractivity contribution in [2.75, 3.05) is 32.6 Å². The van der Waals surface area contributed by atoms with Crippen molar-refractivity contribution in [3.8, 4) is 5.75 Å². The molecule has 1 N–H and O–H groups in total. The molecule has 8 nitrogen and oxygen atoms in total. The van der Waals surface area contributed by atoms with Gasteiger partial charge in [0.15, 0.2) is 0 Å². The number of hydrogen-bond acceptors (Lipinski definition) is 6. The minimum absolute atomic E-state index is 0.0501. The zero-order valence-corrected chi connectivity index (χ0v) is 18.7. The normalized spacial score (nSPS) is 17.1. The molecule has 2 aromatic carbocycles. The summed E-state index contributed by atoms with van der Waals surface area (Å²) in [4.78, 5) is 24.7. The fourth-order valence-corrected chi connectivity index (χ4v) is 5.06. The second-order valence-corrected chi connectivity index (χ2v) is 9.40. The van der Waals surface area contributed by atoms with Crippen molar-refractivity contribution in [1.29, 1.82) is 0 Å². The van der Waals surface area contributed by atoms with Crippen molar-refractivity contribution < 1.29 is 27.5 Å². The SMILES string of the molecule is COC(=O)c1ccc(Cl)c(NC(=O)C2CCCN(S(=O)(=O)c3ccc(OC)cc3)C2)c1. The largest absolute Gasteiger partial charge is 0.497 e. The van der Waals surface area contributed by atoms with Crippen LogP contribution in [0.25, 0.3) is 0 Å². The second-order valence-electron chi connectivity index (χ2n) is 7.05. The summed E-state index contributed by atoms with van der Waals surface area (Å²) in [7, 11) is -0.982. The first-order chi connectivity index (χ1) is 14.8. The average Bonchev–Trinajstić information content (AvgIpc) is 2.80. The Hall–Kier alpha value is -2.62. The lowest BCUT2D eigenvalue weighted by molar-refractivity contribution is -0.120. The van der Waals surface area contributed by atoms with Crippen molar-refractivity contribution >= 4 is 39.2 Å². The van der Waals surface area contributed by atoms with Gasteiger partial charge >= 0.3 is 5.97 Å². The van der Waals surface area contributed by atoms with Gasteiger partial charge < -0.3 is 14.8 Å². The Morgan fingerprint density at radius 2 is 1.84 bits per heavy atom. The van der Waals surface area contributed by atoms with E-state index in [0.717, 1.165) is 0 Å². The van der Waals surface area contributed by atoms with E-state index in [1.807, 2.05) is 0 Å². The lowest BCUT2D eigenvalue weighted by Gasteiger charge is -2.31. The number of carbonyl (C=O) groups excluding carboxylic acids is 2. The number of sulfonamides is 1. The quantitative estimate of drug-likeness (QED) is 0.656. The summed E-state index contributed by atoms with van der Waals surface area (Å²) in [5, 5.41) is 2.97. The Labute approximate surface area is 186 Å². The Bertz CT molecular complexity index is 1070. The summed E-state index contributed by atoms with van der Waals surface area (Å²) in [6.45, 7) is 0.380. The summed E-state index contributed by atoms with van der Waals surface area (Å²) in [6, 6.07) is 10.5. The Morgan fingerprint density at radius 3 is 2.48 bits per heavy atom. The number of methoxy groups -OCH3 is 2. The molecule has 1 heterocycles. The van der Waals surface area contributed by atoms with Gasteiger partial charge in [0.25, 0.3) is 0 Å². The van der Waals surface area contributed by atoms with E-state index in [4.69, 9.17) is 16.3 Å². The van der Waals surface area contributed by atoms with Gasteiger partial charge in [-0.1, -0.05) is 11.6 Å². The van der Waals surface area contributed by atoms with Gasteiger partial charge in [-0.05, 0) is 55.3 Å². The van der Waals surface area contributed by atoms with Crippen molar-refractivity contribution in [1.82, 2.24) is 4.31 Å². The predicted octanol–water partition coefficient (Wildman–Crippen LogP) is 3.17. The van der Waals surface area contributed by atoms with Crippen molar-refractivity contribution in [2.45, 2.75) is 17.7 Å². The molecule has 31 heavy (non-hydrogen) atoms.